The highest BCUT2D eigenvalue weighted by atomic mass is 16.3. The van der Waals surface area contributed by atoms with E-state index in [0.717, 1.165) is 11.3 Å². The second-order valence-corrected chi connectivity index (χ2v) is 5.51. The minimum atomic E-state index is -0.359. The van der Waals surface area contributed by atoms with Crippen LogP contribution in [0.25, 0.3) is 5.69 Å². The van der Waals surface area contributed by atoms with Gasteiger partial charge in [0.05, 0.1) is 17.8 Å². The van der Waals surface area contributed by atoms with Crippen LogP contribution in [0.4, 0.5) is 4.79 Å². The van der Waals surface area contributed by atoms with Crippen molar-refractivity contribution in [2.75, 3.05) is 6.54 Å². The first kappa shape index (κ1) is 17.0. The number of amides is 2. The summed E-state index contributed by atoms with van der Waals surface area (Å²) in [5, 5.41) is 19.3. The number of benzene rings is 1. The lowest BCUT2D eigenvalue weighted by Crippen LogP contribution is -2.38. The number of rotatable bonds is 7. The number of aromatic nitrogens is 2. The molecule has 2 atom stereocenters. The van der Waals surface area contributed by atoms with Crippen LogP contribution in [-0.2, 0) is 0 Å². The summed E-state index contributed by atoms with van der Waals surface area (Å²) in [5.41, 5.74) is 1.99. The molecule has 2 amide bonds. The van der Waals surface area contributed by atoms with Gasteiger partial charge in [-0.25, -0.2) is 9.48 Å². The second kappa shape index (κ2) is 8.33. The van der Waals surface area contributed by atoms with Crippen LogP contribution >= 0.6 is 0 Å². The van der Waals surface area contributed by atoms with Crippen LogP contribution in [0, 0.1) is 0 Å². The molecule has 0 aliphatic carbocycles. The summed E-state index contributed by atoms with van der Waals surface area (Å²) in [6.07, 6.45) is 4.52. The van der Waals surface area contributed by atoms with Crippen LogP contribution in [-0.4, -0.2) is 33.6 Å². The van der Waals surface area contributed by atoms with E-state index in [4.69, 9.17) is 0 Å². The third-order valence-electron chi connectivity index (χ3n) is 3.74. The van der Waals surface area contributed by atoms with Gasteiger partial charge in [-0.15, -0.1) is 0 Å². The molecule has 0 saturated carbocycles. The highest BCUT2D eigenvalue weighted by Gasteiger charge is 2.10. The van der Waals surface area contributed by atoms with Crippen LogP contribution < -0.4 is 10.6 Å². The van der Waals surface area contributed by atoms with Gasteiger partial charge in [0.1, 0.15) is 0 Å². The zero-order valence-corrected chi connectivity index (χ0v) is 13.6. The molecular formula is C17H24N4O2. The van der Waals surface area contributed by atoms with E-state index in [-0.39, 0.29) is 18.2 Å². The van der Waals surface area contributed by atoms with Gasteiger partial charge in [0.25, 0.3) is 0 Å². The molecule has 124 valence electrons. The maximum Gasteiger partial charge on any atom is 0.315 e. The third kappa shape index (κ3) is 5.10. The lowest BCUT2D eigenvalue weighted by molar-refractivity contribution is 0.160. The maximum absolute atomic E-state index is 11.8. The molecule has 0 saturated heterocycles. The number of aliphatic hydroxyl groups is 1. The molecule has 1 aromatic heterocycles. The van der Waals surface area contributed by atoms with Gasteiger partial charge in [-0.2, -0.15) is 5.10 Å². The smallest absolute Gasteiger partial charge is 0.315 e. The molecule has 0 fully saturated rings. The van der Waals surface area contributed by atoms with Crippen molar-refractivity contribution in [2.45, 2.75) is 38.8 Å². The monoisotopic (exact) mass is 316 g/mol. The first-order chi connectivity index (χ1) is 11.1. The molecule has 23 heavy (non-hydrogen) atoms. The van der Waals surface area contributed by atoms with Gasteiger partial charge >= 0.3 is 6.03 Å². The Kier molecular flexibility index (Phi) is 6.17. The number of nitrogens with one attached hydrogen (secondary N) is 2. The number of aliphatic hydroxyl groups excluding tert-OH is 1. The molecule has 3 N–H and O–H groups in total. The molecule has 0 radical (unpaired) electrons. The van der Waals surface area contributed by atoms with Crippen molar-refractivity contribution in [3.63, 3.8) is 0 Å². The summed E-state index contributed by atoms with van der Waals surface area (Å²) < 4.78 is 1.79. The molecule has 2 aromatic rings. The van der Waals surface area contributed by atoms with Gasteiger partial charge < -0.3 is 15.7 Å². The van der Waals surface area contributed by atoms with Crippen molar-refractivity contribution in [1.82, 2.24) is 20.4 Å². The SMILES string of the molecule is CCC(O)CCNC(=O)NC(C)c1ccc(-n2cccn2)cc1. The van der Waals surface area contributed by atoms with Crippen molar-refractivity contribution >= 4 is 6.03 Å². The predicted octanol–water partition coefficient (Wildman–Crippen LogP) is 2.39. The standard InChI is InChI=1S/C17H24N4O2/c1-3-16(22)9-11-18-17(23)20-13(2)14-5-7-15(8-6-14)21-12-4-10-19-21/h4-8,10,12-13,16,22H,3,9,11H2,1-2H3,(H2,18,20,23). The molecule has 2 unspecified atom stereocenters. The lowest BCUT2D eigenvalue weighted by Gasteiger charge is -2.16. The molecule has 0 bridgehead atoms. The topological polar surface area (TPSA) is 79.2 Å². The Bertz CT molecular complexity index is 596. The zero-order chi connectivity index (χ0) is 16.7. The van der Waals surface area contributed by atoms with E-state index in [0.29, 0.717) is 19.4 Å². The molecular weight excluding hydrogens is 292 g/mol. The van der Waals surface area contributed by atoms with E-state index in [1.165, 1.54) is 0 Å². The predicted molar refractivity (Wildman–Crippen MR) is 89.4 cm³/mol. The number of carbonyl (C=O) groups is 1. The van der Waals surface area contributed by atoms with Gasteiger partial charge in [0.15, 0.2) is 0 Å². The largest absolute Gasteiger partial charge is 0.393 e. The Morgan fingerprint density at radius 3 is 2.70 bits per heavy atom. The van der Waals surface area contributed by atoms with Gasteiger partial charge in [0, 0.05) is 18.9 Å². The van der Waals surface area contributed by atoms with Gasteiger partial charge in [-0.3, -0.25) is 0 Å². The van der Waals surface area contributed by atoms with Crippen molar-refractivity contribution in [2.24, 2.45) is 0 Å². The molecule has 0 aliphatic rings. The van der Waals surface area contributed by atoms with Crippen LogP contribution in [0.5, 0.6) is 0 Å². The normalized spacial score (nSPS) is 13.3. The van der Waals surface area contributed by atoms with Crippen LogP contribution in [0.1, 0.15) is 38.3 Å². The van der Waals surface area contributed by atoms with Gasteiger partial charge in [-0.1, -0.05) is 19.1 Å². The molecule has 0 aliphatic heterocycles. The lowest BCUT2D eigenvalue weighted by atomic mass is 10.1. The summed E-state index contributed by atoms with van der Waals surface area (Å²) in [7, 11) is 0. The Morgan fingerprint density at radius 2 is 2.09 bits per heavy atom. The third-order valence-corrected chi connectivity index (χ3v) is 3.74. The quantitative estimate of drug-likeness (QED) is 0.734. The number of carbonyl (C=O) groups excluding carboxylic acids is 1. The van der Waals surface area contributed by atoms with Gasteiger partial charge in [-0.05, 0) is 43.5 Å². The fourth-order valence-electron chi connectivity index (χ4n) is 2.22. The number of hydrogen-bond donors (Lipinski definition) is 3. The Morgan fingerprint density at radius 1 is 1.35 bits per heavy atom. The Labute approximate surface area is 136 Å². The average molecular weight is 316 g/mol. The fourth-order valence-corrected chi connectivity index (χ4v) is 2.22. The average Bonchev–Trinajstić information content (AvgIpc) is 3.09. The molecule has 1 heterocycles. The second-order valence-electron chi connectivity index (χ2n) is 5.51. The summed E-state index contributed by atoms with van der Waals surface area (Å²) in [6.45, 7) is 4.31. The van der Waals surface area contributed by atoms with E-state index in [1.807, 2.05) is 50.4 Å². The minimum absolute atomic E-state index is 0.0993. The molecule has 2 rings (SSSR count). The van der Waals surface area contributed by atoms with E-state index in [2.05, 4.69) is 15.7 Å². The van der Waals surface area contributed by atoms with E-state index >= 15 is 0 Å². The van der Waals surface area contributed by atoms with Crippen LogP contribution in [0.3, 0.4) is 0 Å². The number of hydrogen-bond acceptors (Lipinski definition) is 3. The van der Waals surface area contributed by atoms with Crippen LogP contribution in [0.2, 0.25) is 0 Å². The Hall–Kier alpha value is -2.34. The highest BCUT2D eigenvalue weighted by molar-refractivity contribution is 5.74. The molecule has 6 heteroatoms. The molecule has 1 aromatic carbocycles. The van der Waals surface area contributed by atoms with E-state index < -0.39 is 0 Å². The van der Waals surface area contributed by atoms with Crippen molar-refractivity contribution in [1.29, 1.82) is 0 Å². The summed E-state index contributed by atoms with van der Waals surface area (Å²) in [5.74, 6) is 0. The first-order valence-corrected chi connectivity index (χ1v) is 7.92. The van der Waals surface area contributed by atoms with Crippen molar-refractivity contribution in [3.8, 4) is 5.69 Å². The summed E-state index contributed by atoms with van der Waals surface area (Å²) >= 11 is 0. The zero-order valence-electron chi connectivity index (χ0n) is 13.6. The molecule has 0 spiro atoms. The first-order valence-electron chi connectivity index (χ1n) is 7.92. The Balaban J connectivity index is 1.83. The maximum atomic E-state index is 11.8. The van der Waals surface area contributed by atoms with Crippen LogP contribution in [0.15, 0.2) is 42.7 Å². The van der Waals surface area contributed by atoms with E-state index in [9.17, 15) is 9.90 Å². The van der Waals surface area contributed by atoms with Crippen molar-refractivity contribution in [3.05, 3.63) is 48.3 Å². The number of nitrogens with zero attached hydrogens (tertiary/aromatic N) is 2. The van der Waals surface area contributed by atoms with Gasteiger partial charge in [0.2, 0.25) is 0 Å². The summed E-state index contributed by atoms with van der Waals surface area (Å²) in [6, 6.07) is 9.44. The highest BCUT2D eigenvalue weighted by Crippen LogP contribution is 2.15. The molecule has 6 nitrogen and oxygen atoms in total. The van der Waals surface area contributed by atoms with Crippen molar-refractivity contribution < 1.29 is 9.90 Å². The minimum Gasteiger partial charge on any atom is -0.393 e. The van der Waals surface area contributed by atoms with E-state index in [1.54, 1.807) is 10.9 Å². The fraction of sp³-hybridized carbons (Fsp3) is 0.412. The number of urea groups is 1. The summed E-state index contributed by atoms with van der Waals surface area (Å²) in [4.78, 5) is 11.8.